The number of hydrogen-bond acceptors (Lipinski definition) is 2. The topological polar surface area (TPSA) is 41.1 Å². The molecule has 0 aromatic carbocycles. The van der Waals surface area contributed by atoms with E-state index >= 15 is 0 Å². The molecule has 1 amide bonds. The molecule has 0 aromatic heterocycles. The standard InChI is InChI=1S/C17H34N2O/c1-13(2)19-16(20)11-12-18-15-8-6-7-14(9-10-15)17(3,4)5/h13-15,18H,6-12H2,1-5H3,(H,19,20). The van der Waals surface area contributed by atoms with Crippen LogP contribution < -0.4 is 10.6 Å². The molecular weight excluding hydrogens is 248 g/mol. The van der Waals surface area contributed by atoms with E-state index in [0.717, 1.165) is 12.5 Å². The molecule has 1 saturated carbocycles. The van der Waals surface area contributed by atoms with Gasteiger partial charge in [-0.3, -0.25) is 4.79 Å². The van der Waals surface area contributed by atoms with Gasteiger partial charge in [0.05, 0.1) is 0 Å². The lowest BCUT2D eigenvalue weighted by Crippen LogP contribution is -2.35. The zero-order valence-electron chi connectivity index (χ0n) is 14.1. The van der Waals surface area contributed by atoms with Crippen molar-refractivity contribution in [3.63, 3.8) is 0 Å². The van der Waals surface area contributed by atoms with Crippen molar-refractivity contribution < 1.29 is 4.79 Å². The van der Waals surface area contributed by atoms with Crippen LogP contribution >= 0.6 is 0 Å². The third-order valence-electron chi connectivity index (χ3n) is 4.43. The van der Waals surface area contributed by atoms with Crippen LogP contribution in [0.15, 0.2) is 0 Å². The van der Waals surface area contributed by atoms with Gasteiger partial charge in [0.15, 0.2) is 0 Å². The molecule has 3 heteroatoms. The van der Waals surface area contributed by atoms with E-state index in [2.05, 4.69) is 31.4 Å². The molecule has 0 heterocycles. The summed E-state index contributed by atoms with van der Waals surface area (Å²) in [7, 11) is 0. The fraction of sp³-hybridized carbons (Fsp3) is 0.941. The molecule has 0 saturated heterocycles. The monoisotopic (exact) mass is 282 g/mol. The van der Waals surface area contributed by atoms with Crippen molar-refractivity contribution in [2.45, 2.75) is 85.2 Å². The van der Waals surface area contributed by atoms with Crippen molar-refractivity contribution in [3.8, 4) is 0 Å². The zero-order chi connectivity index (χ0) is 15.2. The molecule has 0 radical (unpaired) electrons. The first-order chi connectivity index (χ1) is 9.29. The van der Waals surface area contributed by atoms with Gasteiger partial charge in [-0.25, -0.2) is 0 Å². The van der Waals surface area contributed by atoms with Crippen molar-refractivity contribution in [3.05, 3.63) is 0 Å². The Kier molecular flexibility index (Phi) is 7.01. The van der Waals surface area contributed by atoms with Crippen molar-refractivity contribution in [1.82, 2.24) is 10.6 Å². The first-order valence-corrected chi connectivity index (χ1v) is 8.31. The molecule has 118 valence electrons. The van der Waals surface area contributed by atoms with Crippen LogP contribution in [0.4, 0.5) is 0 Å². The SMILES string of the molecule is CC(C)NC(=O)CCNC1CCCC(C(C)(C)C)CC1. The van der Waals surface area contributed by atoms with E-state index in [1.54, 1.807) is 0 Å². The second-order valence-electron chi connectivity index (χ2n) is 7.69. The Morgan fingerprint density at radius 2 is 1.85 bits per heavy atom. The van der Waals surface area contributed by atoms with Crippen molar-refractivity contribution in [2.75, 3.05) is 6.54 Å². The molecule has 20 heavy (non-hydrogen) atoms. The van der Waals surface area contributed by atoms with E-state index in [1.807, 2.05) is 13.8 Å². The zero-order valence-corrected chi connectivity index (χ0v) is 14.1. The average Bonchev–Trinajstić information content (AvgIpc) is 2.52. The molecule has 1 aliphatic rings. The van der Waals surface area contributed by atoms with Gasteiger partial charge in [0.25, 0.3) is 0 Å². The summed E-state index contributed by atoms with van der Waals surface area (Å²) in [6, 6.07) is 0.849. The maximum atomic E-state index is 11.6. The minimum Gasteiger partial charge on any atom is -0.354 e. The minimum atomic E-state index is 0.161. The Hall–Kier alpha value is -0.570. The van der Waals surface area contributed by atoms with Gasteiger partial charge in [-0.2, -0.15) is 0 Å². The Bertz CT molecular complexity index is 294. The van der Waals surface area contributed by atoms with E-state index < -0.39 is 0 Å². The average molecular weight is 282 g/mol. The lowest BCUT2D eigenvalue weighted by molar-refractivity contribution is -0.121. The predicted molar refractivity (Wildman–Crippen MR) is 85.7 cm³/mol. The van der Waals surface area contributed by atoms with Crippen LogP contribution in [0.25, 0.3) is 0 Å². The number of nitrogens with one attached hydrogen (secondary N) is 2. The fourth-order valence-electron chi connectivity index (χ4n) is 3.16. The fourth-order valence-corrected chi connectivity index (χ4v) is 3.16. The van der Waals surface area contributed by atoms with Crippen LogP contribution in [0.3, 0.4) is 0 Å². The van der Waals surface area contributed by atoms with Gasteiger partial charge in [0.1, 0.15) is 0 Å². The first kappa shape index (κ1) is 17.5. The molecule has 3 nitrogen and oxygen atoms in total. The summed E-state index contributed by atoms with van der Waals surface area (Å²) in [6.07, 6.45) is 7.11. The highest BCUT2D eigenvalue weighted by molar-refractivity contribution is 5.76. The molecule has 1 rings (SSSR count). The Balaban J connectivity index is 2.24. The summed E-state index contributed by atoms with van der Waals surface area (Å²) in [4.78, 5) is 11.6. The molecule has 0 spiro atoms. The summed E-state index contributed by atoms with van der Waals surface area (Å²) in [6.45, 7) is 11.9. The summed E-state index contributed by atoms with van der Waals surface area (Å²) in [5.41, 5.74) is 0.437. The molecule has 2 atom stereocenters. The number of amides is 1. The molecule has 1 fully saturated rings. The highest BCUT2D eigenvalue weighted by Crippen LogP contribution is 2.36. The van der Waals surface area contributed by atoms with Crippen molar-refractivity contribution in [1.29, 1.82) is 0 Å². The van der Waals surface area contributed by atoms with Crippen LogP contribution in [0.1, 0.15) is 73.1 Å². The van der Waals surface area contributed by atoms with Gasteiger partial charge in [0, 0.05) is 25.0 Å². The normalized spacial score (nSPS) is 24.5. The van der Waals surface area contributed by atoms with Crippen LogP contribution in [0.5, 0.6) is 0 Å². The Morgan fingerprint density at radius 1 is 1.15 bits per heavy atom. The van der Waals surface area contributed by atoms with Gasteiger partial charge < -0.3 is 10.6 Å². The maximum absolute atomic E-state index is 11.6. The van der Waals surface area contributed by atoms with Gasteiger partial charge in [0.2, 0.25) is 5.91 Å². The molecule has 0 bridgehead atoms. The van der Waals surface area contributed by atoms with E-state index in [0.29, 0.717) is 17.9 Å². The number of carbonyl (C=O) groups excluding carboxylic acids is 1. The highest BCUT2D eigenvalue weighted by Gasteiger charge is 2.27. The molecule has 0 aromatic rings. The number of carbonyl (C=O) groups is 1. The van der Waals surface area contributed by atoms with Crippen molar-refractivity contribution >= 4 is 5.91 Å². The van der Waals surface area contributed by atoms with Crippen LogP contribution in [-0.2, 0) is 4.79 Å². The van der Waals surface area contributed by atoms with Gasteiger partial charge in [-0.1, -0.05) is 27.2 Å². The van der Waals surface area contributed by atoms with Crippen molar-refractivity contribution in [2.24, 2.45) is 11.3 Å². The smallest absolute Gasteiger partial charge is 0.221 e. The second-order valence-corrected chi connectivity index (χ2v) is 7.69. The predicted octanol–water partition coefficient (Wildman–Crippen LogP) is 3.49. The third kappa shape index (κ3) is 6.74. The summed E-state index contributed by atoms with van der Waals surface area (Å²) in [5, 5.41) is 6.52. The molecular formula is C17H34N2O. The quantitative estimate of drug-likeness (QED) is 0.758. The summed E-state index contributed by atoms with van der Waals surface area (Å²) in [5.74, 6) is 1.01. The summed E-state index contributed by atoms with van der Waals surface area (Å²) >= 11 is 0. The largest absolute Gasteiger partial charge is 0.354 e. The van der Waals surface area contributed by atoms with E-state index in [1.165, 1.54) is 32.1 Å². The van der Waals surface area contributed by atoms with Crippen LogP contribution in [0, 0.1) is 11.3 Å². The molecule has 1 aliphatic carbocycles. The van der Waals surface area contributed by atoms with Gasteiger partial charge >= 0.3 is 0 Å². The van der Waals surface area contributed by atoms with E-state index in [4.69, 9.17) is 0 Å². The summed E-state index contributed by atoms with van der Waals surface area (Å²) < 4.78 is 0. The van der Waals surface area contributed by atoms with E-state index in [-0.39, 0.29) is 11.9 Å². The number of rotatable bonds is 5. The molecule has 2 N–H and O–H groups in total. The van der Waals surface area contributed by atoms with Crippen LogP contribution in [-0.4, -0.2) is 24.5 Å². The third-order valence-corrected chi connectivity index (χ3v) is 4.43. The number of hydrogen-bond donors (Lipinski definition) is 2. The minimum absolute atomic E-state index is 0.161. The highest BCUT2D eigenvalue weighted by atomic mass is 16.1. The second kappa shape index (κ2) is 8.02. The molecule has 2 unspecified atom stereocenters. The lowest BCUT2D eigenvalue weighted by atomic mass is 9.76. The Labute approximate surface area is 125 Å². The Morgan fingerprint density at radius 3 is 2.45 bits per heavy atom. The van der Waals surface area contributed by atoms with Gasteiger partial charge in [-0.15, -0.1) is 0 Å². The lowest BCUT2D eigenvalue weighted by Gasteiger charge is -2.29. The van der Waals surface area contributed by atoms with E-state index in [9.17, 15) is 4.79 Å². The first-order valence-electron chi connectivity index (χ1n) is 8.31. The maximum Gasteiger partial charge on any atom is 0.221 e. The van der Waals surface area contributed by atoms with Gasteiger partial charge in [-0.05, 0) is 50.9 Å². The van der Waals surface area contributed by atoms with Crippen LogP contribution in [0.2, 0.25) is 0 Å². The molecule has 0 aliphatic heterocycles.